The average Bonchev–Trinajstić information content (AvgIpc) is 3.08. The minimum absolute atomic E-state index is 0.0206. The van der Waals surface area contributed by atoms with E-state index in [1.54, 1.807) is 56.4 Å². The molecule has 1 saturated carbocycles. The Hall–Kier alpha value is -3.24. The van der Waals surface area contributed by atoms with Crippen LogP contribution in [0.4, 0.5) is 10.5 Å². The Kier molecular flexibility index (Phi) is 6.95. The van der Waals surface area contributed by atoms with E-state index in [2.05, 4.69) is 10.6 Å². The van der Waals surface area contributed by atoms with E-state index in [1.165, 1.54) is 16.4 Å². The molecule has 1 atom stereocenters. The molecule has 2 aliphatic rings. The van der Waals surface area contributed by atoms with Gasteiger partial charge in [-0.1, -0.05) is 61.7 Å². The van der Waals surface area contributed by atoms with Crippen LogP contribution in [0.25, 0.3) is 0 Å². The molecule has 35 heavy (non-hydrogen) atoms. The Morgan fingerprint density at radius 1 is 1.06 bits per heavy atom. The van der Waals surface area contributed by atoms with Crippen molar-refractivity contribution in [2.75, 3.05) is 18.9 Å². The number of nitrogens with zero attached hydrogens (tertiary/aromatic N) is 2. The fraction of sp³-hybridized carbons (Fsp3) is 0.400. The summed E-state index contributed by atoms with van der Waals surface area (Å²) in [6.45, 7) is 1.05. The van der Waals surface area contributed by atoms with Gasteiger partial charge < -0.3 is 10.6 Å². The number of rotatable bonds is 7. The quantitative estimate of drug-likeness (QED) is 0.570. The summed E-state index contributed by atoms with van der Waals surface area (Å²) in [6.07, 6.45) is 4.67. The monoisotopic (exact) mass is 498 g/mol. The molecule has 9 nitrogen and oxygen atoms in total. The lowest BCUT2D eigenvalue weighted by Gasteiger charge is -2.31. The van der Waals surface area contributed by atoms with Gasteiger partial charge in [-0.15, -0.1) is 0 Å². The maximum atomic E-state index is 13.4. The van der Waals surface area contributed by atoms with Crippen molar-refractivity contribution in [1.82, 2.24) is 14.5 Å². The molecule has 0 spiro atoms. The zero-order valence-electron chi connectivity index (χ0n) is 19.9. The molecule has 1 aliphatic heterocycles. The maximum Gasteiger partial charge on any atom is 0.325 e. The van der Waals surface area contributed by atoms with Gasteiger partial charge in [0.2, 0.25) is 15.9 Å². The fourth-order valence-electron chi connectivity index (χ4n) is 4.73. The normalized spacial score (nSPS) is 21.3. The smallest absolute Gasteiger partial charge is 0.323 e. The number of benzene rings is 2. The first-order chi connectivity index (χ1) is 16.6. The van der Waals surface area contributed by atoms with Crippen LogP contribution in [0.2, 0.25) is 0 Å². The topological polar surface area (TPSA) is 116 Å². The second-order valence-corrected chi connectivity index (χ2v) is 11.1. The molecular weight excluding hydrogens is 468 g/mol. The van der Waals surface area contributed by atoms with Crippen molar-refractivity contribution in [3.63, 3.8) is 0 Å². The van der Waals surface area contributed by atoms with Crippen molar-refractivity contribution < 1.29 is 22.8 Å². The van der Waals surface area contributed by atoms with E-state index < -0.39 is 40.0 Å². The van der Waals surface area contributed by atoms with Gasteiger partial charge in [0.25, 0.3) is 5.91 Å². The van der Waals surface area contributed by atoms with Gasteiger partial charge >= 0.3 is 6.03 Å². The molecule has 0 aromatic heterocycles. The fourth-order valence-corrected chi connectivity index (χ4v) is 6.29. The summed E-state index contributed by atoms with van der Waals surface area (Å²) in [5.41, 5.74) is -0.579. The lowest BCUT2D eigenvalue weighted by atomic mass is 9.92. The average molecular weight is 499 g/mol. The molecule has 10 heteroatoms. The van der Waals surface area contributed by atoms with Crippen molar-refractivity contribution in [2.45, 2.75) is 55.5 Å². The second kappa shape index (κ2) is 9.79. The number of imide groups is 1. The van der Waals surface area contributed by atoms with E-state index in [1.807, 2.05) is 0 Å². The van der Waals surface area contributed by atoms with Crippen LogP contribution < -0.4 is 10.6 Å². The standard InChI is InChI=1S/C25H30N4O5S/c1-25(18-11-5-3-6-12-18)23(31)29(24(32)27-25)17-22(30)26-20-15-9-10-16-21(20)35(33,34)28(2)19-13-7-4-8-14-19/h3,5-6,9-12,15-16,19H,4,7-8,13-14,17H2,1-2H3,(H,26,30)(H,27,32)/t25-/m0/s1. The highest BCUT2D eigenvalue weighted by molar-refractivity contribution is 7.89. The number of hydrogen-bond acceptors (Lipinski definition) is 5. The van der Waals surface area contributed by atoms with Crippen molar-refractivity contribution in [3.05, 3.63) is 60.2 Å². The third-order valence-corrected chi connectivity index (χ3v) is 8.80. The number of sulfonamides is 1. The van der Waals surface area contributed by atoms with Crippen molar-refractivity contribution in [2.24, 2.45) is 0 Å². The van der Waals surface area contributed by atoms with Gasteiger partial charge in [0.1, 0.15) is 17.0 Å². The summed E-state index contributed by atoms with van der Waals surface area (Å²) in [6, 6.07) is 14.2. The van der Waals surface area contributed by atoms with Crippen LogP contribution >= 0.6 is 0 Å². The number of urea groups is 1. The van der Waals surface area contributed by atoms with Gasteiger partial charge in [-0.3, -0.25) is 14.5 Å². The number of carbonyl (C=O) groups is 3. The molecule has 2 N–H and O–H groups in total. The number of hydrogen-bond donors (Lipinski definition) is 2. The molecule has 2 aromatic carbocycles. The van der Waals surface area contributed by atoms with Crippen molar-refractivity contribution in [1.29, 1.82) is 0 Å². The summed E-state index contributed by atoms with van der Waals surface area (Å²) in [5.74, 6) is -1.23. The first-order valence-electron chi connectivity index (χ1n) is 11.7. The van der Waals surface area contributed by atoms with E-state index in [0.717, 1.165) is 37.0 Å². The summed E-state index contributed by atoms with van der Waals surface area (Å²) in [5, 5.41) is 5.25. The molecule has 2 aromatic rings. The van der Waals surface area contributed by atoms with Crippen LogP contribution in [0.15, 0.2) is 59.5 Å². The van der Waals surface area contributed by atoms with E-state index >= 15 is 0 Å². The molecule has 1 heterocycles. The van der Waals surface area contributed by atoms with Gasteiger partial charge in [-0.25, -0.2) is 13.2 Å². The van der Waals surface area contributed by atoms with E-state index in [-0.39, 0.29) is 16.6 Å². The molecule has 4 amide bonds. The lowest BCUT2D eigenvalue weighted by molar-refractivity contribution is -0.133. The van der Waals surface area contributed by atoms with Gasteiger partial charge in [0.15, 0.2) is 0 Å². The number of nitrogens with one attached hydrogen (secondary N) is 2. The van der Waals surface area contributed by atoms with E-state index in [9.17, 15) is 22.8 Å². The summed E-state index contributed by atoms with van der Waals surface area (Å²) in [7, 11) is -2.29. The Morgan fingerprint density at radius 2 is 1.69 bits per heavy atom. The minimum Gasteiger partial charge on any atom is -0.323 e. The zero-order valence-corrected chi connectivity index (χ0v) is 20.7. The first-order valence-corrected chi connectivity index (χ1v) is 13.1. The molecule has 2 fully saturated rings. The molecule has 1 aliphatic carbocycles. The second-order valence-electron chi connectivity index (χ2n) is 9.17. The van der Waals surface area contributed by atoms with Crippen LogP contribution in [-0.4, -0.2) is 55.1 Å². The summed E-state index contributed by atoms with van der Waals surface area (Å²) in [4.78, 5) is 39.3. The SMILES string of the molecule is CN(C1CCCCC1)S(=O)(=O)c1ccccc1NC(=O)CN1C(=O)N[C@@](C)(c2ccccc2)C1=O. The van der Waals surface area contributed by atoms with Crippen LogP contribution in [-0.2, 0) is 25.2 Å². The Labute approximate surface area is 205 Å². The van der Waals surface area contributed by atoms with Crippen molar-refractivity contribution >= 4 is 33.6 Å². The molecule has 1 saturated heterocycles. The van der Waals surface area contributed by atoms with Gasteiger partial charge in [-0.2, -0.15) is 4.31 Å². The van der Waals surface area contributed by atoms with Crippen molar-refractivity contribution in [3.8, 4) is 0 Å². The molecule has 0 radical (unpaired) electrons. The van der Waals surface area contributed by atoms with Gasteiger partial charge in [0, 0.05) is 13.1 Å². The van der Waals surface area contributed by atoms with Crippen LogP contribution in [0.5, 0.6) is 0 Å². The molecule has 0 unspecified atom stereocenters. The summed E-state index contributed by atoms with van der Waals surface area (Å²) >= 11 is 0. The number of anilines is 1. The van der Waals surface area contributed by atoms with E-state index in [0.29, 0.717) is 5.56 Å². The molecular formula is C25H30N4O5S. The van der Waals surface area contributed by atoms with Gasteiger partial charge in [-0.05, 0) is 37.5 Å². The van der Waals surface area contributed by atoms with Crippen LogP contribution in [0.3, 0.4) is 0 Å². The van der Waals surface area contributed by atoms with Gasteiger partial charge in [0.05, 0.1) is 5.69 Å². The number of para-hydroxylation sites is 1. The van der Waals surface area contributed by atoms with Crippen LogP contribution in [0, 0.1) is 0 Å². The number of amides is 4. The first kappa shape index (κ1) is 24.9. The molecule has 4 rings (SSSR count). The predicted molar refractivity (Wildman–Crippen MR) is 131 cm³/mol. The largest absolute Gasteiger partial charge is 0.325 e. The van der Waals surface area contributed by atoms with Crippen LogP contribution in [0.1, 0.15) is 44.6 Å². The molecule has 186 valence electrons. The third-order valence-electron chi connectivity index (χ3n) is 6.83. The lowest BCUT2D eigenvalue weighted by Crippen LogP contribution is -2.42. The highest BCUT2D eigenvalue weighted by Crippen LogP contribution is 2.31. The minimum atomic E-state index is -3.86. The highest BCUT2D eigenvalue weighted by Gasteiger charge is 2.49. The summed E-state index contributed by atoms with van der Waals surface area (Å²) < 4.78 is 28.1. The highest BCUT2D eigenvalue weighted by atomic mass is 32.2. The Bertz CT molecular complexity index is 1230. The van der Waals surface area contributed by atoms with E-state index in [4.69, 9.17) is 0 Å². The molecule has 0 bridgehead atoms. The zero-order chi connectivity index (χ0) is 25.2. The predicted octanol–water partition coefficient (Wildman–Crippen LogP) is 3.05. The Balaban J connectivity index is 1.50. The number of carbonyl (C=O) groups excluding carboxylic acids is 3. The maximum absolute atomic E-state index is 13.4. The Morgan fingerprint density at radius 3 is 2.37 bits per heavy atom. The third kappa shape index (κ3) is 4.81.